The first-order valence-corrected chi connectivity index (χ1v) is 6.50. The summed E-state index contributed by atoms with van der Waals surface area (Å²) in [5.74, 6) is 0.354. The fourth-order valence-electron chi connectivity index (χ4n) is 1.16. The van der Waals surface area contributed by atoms with Crippen molar-refractivity contribution in [1.29, 1.82) is 0 Å². The Kier molecular flexibility index (Phi) is 8.88. The Labute approximate surface area is 122 Å². The van der Waals surface area contributed by atoms with Gasteiger partial charge in [-0.3, -0.25) is 0 Å². The lowest BCUT2D eigenvalue weighted by atomic mass is 10.7. The van der Waals surface area contributed by atoms with Gasteiger partial charge in [0.15, 0.2) is 0 Å². The van der Waals surface area contributed by atoms with Gasteiger partial charge in [0, 0.05) is 14.2 Å². The molecule has 1 aromatic heterocycles. The Morgan fingerprint density at radius 1 is 0.950 bits per heavy atom. The zero-order valence-corrected chi connectivity index (χ0v) is 12.4. The summed E-state index contributed by atoms with van der Waals surface area (Å²) < 4.78 is 20.7. The van der Waals surface area contributed by atoms with Crippen LogP contribution >= 0.6 is 11.6 Å². The van der Waals surface area contributed by atoms with Crippen LogP contribution in [0.25, 0.3) is 0 Å². The largest absolute Gasteiger partial charge is 0.461 e. The van der Waals surface area contributed by atoms with Crippen molar-refractivity contribution in [2.45, 2.75) is 0 Å². The van der Waals surface area contributed by atoms with Crippen LogP contribution in [-0.4, -0.2) is 68.8 Å². The van der Waals surface area contributed by atoms with E-state index in [2.05, 4.69) is 20.3 Å². The van der Waals surface area contributed by atoms with Gasteiger partial charge in [-0.05, 0) is 11.6 Å². The van der Waals surface area contributed by atoms with Crippen molar-refractivity contribution < 1.29 is 18.9 Å². The zero-order chi connectivity index (χ0) is 14.6. The van der Waals surface area contributed by atoms with Gasteiger partial charge in [0.25, 0.3) is 0 Å². The van der Waals surface area contributed by atoms with Crippen LogP contribution in [0.3, 0.4) is 0 Å². The van der Waals surface area contributed by atoms with Crippen molar-refractivity contribution in [3.8, 4) is 6.01 Å². The summed E-state index contributed by atoms with van der Waals surface area (Å²) in [6, 6.07) is 0.161. The number of nitrogens with zero attached hydrogens (tertiary/aromatic N) is 3. The van der Waals surface area contributed by atoms with E-state index in [1.807, 2.05) is 0 Å². The molecule has 20 heavy (non-hydrogen) atoms. The Balaban J connectivity index is 2.08. The summed E-state index contributed by atoms with van der Waals surface area (Å²) in [5.41, 5.74) is 0. The van der Waals surface area contributed by atoms with Crippen LogP contribution in [-0.2, 0) is 14.2 Å². The van der Waals surface area contributed by atoms with Crippen LogP contribution in [0, 0.1) is 0 Å². The minimum absolute atomic E-state index is 0.0758. The van der Waals surface area contributed by atoms with Crippen molar-refractivity contribution in [1.82, 2.24) is 15.0 Å². The molecule has 0 aliphatic carbocycles. The molecule has 1 aromatic rings. The highest BCUT2D eigenvalue weighted by atomic mass is 35.5. The molecule has 1 rings (SSSR count). The van der Waals surface area contributed by atoms with Gasteiger partial charge >= 0.3 is 6.01 Å². The van der Waals surface area contributed by atoms with Crippen LogP contribution in [0.15, 0.2) is 0 Å². The van der Waals surface area contributed by atoms with E-state index in [1.165, 1.54) is 0 Å². The van der Waals surface area contributed by atoms with E-state index in [1.54, 1.807) is 14.2 Å². The molecule has 1 N–H and O–H groups in total. The smallest absolute Gasteiger partial charge is 0.322 e. The summed E-state index contributed by atoms with van der Waals surface area (Å²) in [5, 5.41) is 2.83. The number of nitrogens with one attached hydrogen (secondary N) is 1. The van der Waals surface area contributed by atoms with Crippen molar-refractivity contribution in [3.05, 3.63) is 5.28 Å². The molecule has 0 aliphatic rings. The monoisotopic (exact) mass is 306 g/mol. The average Bonchev–Trinajstić information content (AvgIpc) is 2.45. The molecule has 114 valence electrons. The highest BCUT2D eigenvalue weighted by Gasteiger charge is 2.04. The van der Waals surface area contributed by atoms with Gasteiger partial charge in [0.1, 0.15) is 6.61 Å². The summed E-state index contributed by atoms with van der Waals surface area (Å²) in [6.45, 7) is 2.88. The van der Waals surface area contributed by atoms with E-state index in [0.717, 1.165) is 0 Å². The molecule has 0 unspecified atom stereocenters. The summed E-state index contributed by atoms with van der Waals surface area (Å²) >= 11 is 5.71. The maximum Gasteiger partial charge on any atom is 0.322 e. The number of halogens is 1. The summed E-state index contributed by atoms with van der Waals surface area (Å²) in [6.07, 6.45) is 0. The second-order valence-corrected chi connectivity index (χ2v) is 3.86. The lowest BCUT2D eigenvalue weighted by molar-refractivity contribution is 0.0173. The van der Waals surface area contributed by atoms with Gasteiger partial charge in [0.05, 0.1) is 33.0 Å². The lowest BCUT2D eigenvalue weighted by Gasteiger charge is -2.07. The van der Waals surface area contributed by atoms with Crippen LogP contribution in [0.1, 0.15) is 0 Å². The van der Waals surface area contributed by atoms with Crippen molar-refractivity contribution in [2.24, 2.45) is 0 Å². The molecule has 9 heteroatoms. The van der Waals surface area contributed by atoms with E-state index < -0.39 is 0 Å². The molecule has 0 spiro atoms. The molecule has 0 fully saturated rings. The third-order valence-corrected chi connectivity index (χ3v) is 2.24. The van der Waals surface area contributed by atoms with E-state index in [4.69, 9.17) is 30.5 Å². The quantitative estimate of drug-likeness (QED) is 0.595. The fourth-order valence-corrected chi connectivity index (χ4v) is 1.32. The minimum atomic E-state index is 0.0758. The molecule has 1 heterocycles. The number of hydrogen-bond donors (Lipinski definition) is 1. The minimum Gasteiger partial charge on any atom is -0.461 e. The summed E-state index contributed by atoms with van der Waals surface area (Å²) in [4.78, 5) is 11.7. The molecule has 0 amide bonds. The Bertz CT molecular complexity index is 383. The van der Waals surface area contributed by atoms with Crippen LogP contribution in [0.2, 0.25) is 5.28 Å². The number of hydrogen-bond acceptors (Lipinski definition) is 8. The van der Waals surface area contributed by atoms with Gasteiger partial charge in [-0.15, -0.1) is 0 Å². The topological polar surface area (TPSA) is 87.6 Å². The summed E-state index contributed by atoms with van der Waals surface area (Å²) in [7, 11) is 3.31. The number of ether oxygens (including phenoxy) is 4. The van der Waals surface area contributed by atoms with E-state index in [-0.39, 0.29) is 11.3 Å². The maximum atomic E-state index is 5.71. The Morgan fingerprint density at radius 3 is 2.25 bits per heavy atom. The molecule has 8 nitrogen and oxygen atoms in total. The van der Waals surface area contributed by atoms with Crippen molar-refractivity contribution >= 4 is 17.5 Å². The second-order valence-electron chi connectivity index (χ2n) is 3.53. The van der Waals surface area contributed by atoms with Crippen LogP contribution in [0.5, 0.6) is 6.01 Å². The number of methoxy groups -OCH3 is 1. The molecule has 0 atom stereocenters. The van der Waals surface area contributed by atoms with Gasteiger partial charge in [-0.1, -0.05) is 0 Å². The van der Waals surface area contributed by atoms with E-state index in [9.17, 15) is 0 Å². The van der Waals surface area contributed by atoms with Crippen LogP contribution in [0.4, 0.5) is 5.95 Å². The number of anilines is 1. The first-order chi connectivity index (χ1) is 9.76. The van der Waals surface area contributed by atoms with Crippen LogP contribution < -0.4 is 10.1 Å². The normalized spacial score (nSPS) is 10.6. The SMILES string of the molecule is CNc1nc(Cl)nc(OCCOCCOCCOC)n1. The lowest BCUT2D eigenvalue weighted by Crippen LogP contribution is -2.13. The Morgan fingerprint density at radius 2 is 1.60 bits per heavy atom. The molecule has 0 aliphatic heterocycles. The Hall–Kier alpha value is -1.22. The third kappa shape index (κ3) is 7.39. The van der Waals surface area contributed by atoms with Gasteiger partial charge in [-0.2, -0.15) is 15.0 Å². The zero-order valence-electron chi connectivity index (χ0n) is 11.6. The molecular weight excluding hydrogens is 288 g/mol. The molecule has 0 saturated heterocycles. The highest BCUT2D eigenvalue weighted by molar-refractivity contribution is 6.28. The van der Waals surface area contributed by atoms with E-state index in [0.29, 0.717) is 45.6 Å². The first kappa shape index (κ1) is 16.8. The number of aromatic nitrogens is 3. The van der Waals surface area contributed by atoms with Gasteiger partial charge < -0.3 is 24.3 Å². The van der Waals surface area contributed by atoms with Gasteiger partial charge in [-0.25, -0.2) is 0 Å². The molecular formula is C11H19ClN4O4. The predicted octanol–water partition coefficient (Wildman–Crippen LogP) is 0.625. The molecule has 0 radical (unpaired) electrons. The maximum absolute atomic E-state index is 5.71. The van der Waals surface area contributed by atoms with Crippen molar-refractivity contribution in [3.63, 3.8) is 0 Å². The first-order valence-electron chi connectivity index (χ1n) is 6.13. The molecule has 0 bridgehead atoms. The molecule has 0 saturated carbocycles. The number of rotatable bonds is 11. The van der Waals surface area contributed by atoms with E-state index >= 15 is 0 Å². The van der Waals surface area contributed by atoms with Gasteiger partial charge in [0.2, 0.25) is 11.2 Å². The third-order valence-electron chi connectivity index (χ3n) is 2.07. The standard InChI is InChI=1S/C11H19ClN4O4/c1-13-10-14-9(12)15-11(16-10)20-8-7-19-6-5-18-4-3-17-2/h3-8H2,1-2H3,(H,13,14,15,16). The average molecular weight is 307 g/mol. The predicted molar refractivity (Wildman–Crippen MR) is 73.4 cm³/mol. The highest BCUT2D eigenvalue weighted by Crippen LogP contribution is 2.10. The fraction of sp³-hybridized carbons (Fsp3) is 0.727. The van der Waals surface area contributed by atoms with Crippen molar-refractivity contribution in [2.75, 3.05) is 59.1 Å². The second kappa shape index (κ2) is 10.6. The molecule has 0 aromatic carbocycles.